The summed E-state index contributed by atoms with van der Waals surface area (Å²) in [5.41, 5.74) is 2.62. The third-order valence-electron chi connectivity index (χ3n) is 5.10. The Bertz CT molecular complexity index is 960. The molecule has 32 heavy (non-hydrogen) atoms. The minimum atomic E-state index is -0.258. The van der Waals surface area contributed by atoms with Crippen molar-refractivity contribution in [3.63, 3.8) is 0 Å². The standard InChI is InChI=1S/C24H31ClN4O3/c1-5-28(16-23(31)27-21-14-19(25)12-11-17(21)4)15-22(30)26-20-10-8-9-18(13-20)24(32)29(6-2)7-3/h8-14H,5-7,15-16H2,1-4H3,(H,26,30)(H,27,31). The summed E-state index contributed by atoms with van der Waals surface area (Å²) in [6, 6.07) is 12.2. The van der Waals surface area contributed by atoms with Crippen molar-refractivity contribution < 1.29 is 14.4 Å². The number of carbonyl (C=O) groups excluding carboxylic acids is 3. The van der Waals surface area contributed by atoms with Crippen LogP contribution in [0.2, 0.25) is 5.02 Å². The van der Waals surface area contributed by atoms with Crippen molar-refractivity contribution in [1.29, 1.82) is 0 Å². The summed E-state index contributed by atoms with van der Waals surface area (Å²) in [4.78, 5) is 41.0. The highest BCUT2D eigenvalue weighted by atomic mass is 35.5. The number of aryl methyl sites for hydroxylation is 1. The first kappa shape index (κ1) is 25.4. The van der Waals surface area contributed by atoms with Crippen LogP contribution in [-0.2, 0) is 9.59 Å². The van der Waals surface area contributed by atoms with E-state index >= 15 is 0 Å². The highest BCUT2D eigenvalue weighted by Crippen LogP contribution is 2.20. The van der Waals surface area contributed by atoms with Gasteiger partial charge < -0.3 is 15.5 Å². The number of hydrogen-bond acceptors (Lipinski definition) is 4. The molecule has 172 valence electrons. The van der Waals surface area contributed by atoms with Crippen molar-refractivity contribution >= 4 is 40.7 Å². The monoisotopic (exact) mass is 458 g/mol. The molecule has 0 aliphatic carbocycles. The molecule has 0 saturated heterocycles. The average Bonchev–Trinajstić information content (AvgIpc) is 2.76. The van der Waals surface area contributed by atoms with Crippen molar-refractivity contribution in [3.8, 4) is 0 Å². The molecule has 2 aromatic carbocycles. The molecule has 0 bridgehead atoms. The number of benzene rings is 2. The molecule has 2 N–H and O–H groups in total. The summed E-state index contributed by atoms with van der Waals surface area (Å²) in [5.74, 6) is -0.558. The summed E-state index contributed by atoms with van der Waals surface area (Å²) >= 11 is 6.01. The van der Waals surface area contributed by atoms with E-state index in [1.54, 1.807) is 46.2 Å². The van der Waals surface area contributed by atoms with Gasteiger partial charge in [-0.15, -0.1) is 0 Å². The van der Waals surface area contributed by atoms with Crippen molar-refractivity contribution in [2.24, 2.45) is 0 Å². The maximum absolute atomic E-state index is 12.6. The third-order valence-corrected chi connectivity index (χ3v) is 5.33. The van der Waals surface area contributed by atoms with Gasteiger partial charge in [0.15, 0.2) is 0 Å². The van der Waals surface area contributed by atoms with Crippen LogP contribution in [0.25, 0.3) is 0 Å². The van der Waals surface area contributed by atoms with Gasteiger partial charge in [0, 0.05) is 35.1 Å². The normalized spacial score (nSPS) is 10.7. The quantitative estimate of drug-likeness (QED) is 0.563. The summed E-state index contributed by atoms with van der Waals surface area (Å²) in [7, 11) is 0. The van der Waals surface area contributed by atoms with E-state index in [1.165, 1.54) is 0 Å². The van der Waals surface area contributed by atoms with Crippen LogP contribution in [0.4, 0.5) is 11.4 Å². The second-order valence-corrected chi connectivity index (χ2v) is 7.85. The van der Waals surface area contributed by atoms with Crippen LogP contribution in [0, 0.1) is 6.92 Å². The van der Waals surface area contributed by atoms with Crippen molar-refractivity contribution in [2.75, 3.05) is 43.4 Å². The second kappa shape index (κ2) is 12.2. The zero-order valence-corrected chi connectivity index (χ0v) is 19.8. The van der Waals surface area contributed by atoms with Gasteiger partial charge in [0.2, 0.25) is 11.8 Å². The van der Waals surface area contributed by atoms with Gasteiger partial charge in [0.1, 0.15) is 0 Å². The minimum absolute atomic E-state index is 0.0483. The van der Waals surface area contributed by atoms with Gasteiger partial charge in [-0.3, -0.25) is 19.3 Å². The number of carbonyl (C=O) groups is 3. The van der Waals surface area contributed by atoms with Crippen LogP contribution in [0.3, 0.4) is 0 Å². The van der Waals surface area contributed by atoms with Crippen molar-refractivity contribution in [3.05, 3.63) is 58.6 Å². The largest absolute Gasteiger partial charge is 0.339 e. The van der Waals surface area contributed by atoms with E-state index in [2.05, 4.69) is 10.6 Å². The van der Waals surface area contributed by atoms with E-state index in [-0.39, 0.29) is 30.8 Å². The first-order valence-corrected chi connectivity index (χ1v) is 11.1. The fourth-order valence-electron chi connectivity index (χ4n) is 3.23. The molecule has 7 nitrogen and oxygen atoms in total. The van der Waals surface area contributed by atoms with Gasteiger partial charge in [0.25, 0.3) is 5.91 Å². The Hall–Kier alpha value is -2.90. The molecule has 8 heteroatoms. The van der Waals surface area contributed by atoms with E-state index in [1.807, 2.05) is 33.8 Å². The Morgan fingerprint density at radius 3 is 2.16 bits per heavy atom. The predicted molar refractivity (Wildman–Crippen MR) is 129 cm³/mol. The van der Waals surface area contributed by atoms with Crippen molar-refractivity contribution in [1.82, 2.24) is 9.80 Å². The lowest BCUT2D eigenvalue weighted by Gasteiger charge is -2.20. The third kappa shape index (κ3) is 7.35. The molecule has 2 aromatic rings. The number of amides is 3. The molecule has 0 aliphatic rings. The van der Waals surface area contributed by atoms with Gasteiger partial charge in [0.05, 0.1) is 13.1 Å². The smallest absolute Gasteiger partial charge is 0.253 e. The molecule has 0 unspecified atom stereocenters. The molecule has 0 aliphatic heterocycles. The predicted octanol–water partition coefficient (Wildman–Crippen LogP) is 4.03. The highest BCUT2D eigenvalue weighted by Gasteiger charge is 2.16. The van der Waals surface area contributed by atoms with E-state index in [0.29, 0.717) is 41.6 Å². The van der Waals surface area contributed by atoms with Crippen LogP contribution in [0.1, 0.15) is 36.7 Å². The lowest BCUT2D eigenvalue weighted by atomic mass is 10.1. The molecule has 0 fully saturated rings. The molecule has 0 saturated carbocycles. The van der Waals surface area contributed by atoms with Crippen LogP contribution in [0.15, 0.2) is 42.5 Å². The number of likely N-dealkylation sites (N-methyl/N-ethyl adjacent to an activating group) is 1. The Morgan fingerprint density at radius 1 is 0.875 bits per heavy atom. The first-order valence-electron chi connectivity index (χ1n) is 10.7. The Morgan fingerprint density at radius 2 is 1.53 bits per heavy atom. The summed E-state index contributed by atoms with van der Waals surface area (Å²) < 4.78 is 0. The number of nitrogens with one attached hydrogen (secondary N) is 2. The van der Waals surface area contributed by atoms with Gasteiger partial charge in [-0.25, -0.2) is 0 Å². The van der Waals surface area contributed by atoms with Gasteiger partial charge in [-0.1, -0.05) is 30.7 Å². The van der Waals surface area contributed by atoms with Crippen LogP contribution < -0.4 is 10.6 Å². The molecule has 0 atom stereocenters. The topological polar surface area (TPSA) is 81.8 Å². The van der Waals surface area contributed by atoms with E-state index in [4.69, 9.17) is 11.6 Å². The number of anilines is 2. The molecule has 3 amide bonds. The minimum Gasteiger partial charge on any atom is -0.339 e. The average molecular weight is 459 g/mol. The van der Waals surface area contributed by atoms with E-state index in [0.717, 1.165) is 5.56 Å². The Labute approximate surface area is 194 Å². The van der Waals surface area contributed by atoms with Crippen LogP contribution >= 0.6 is 11.6 Å². The Kier molecular flexibility index (Phi) is 9.68. The number of hydrogen-bond donors (Lipinski definition) is 2. The number of nitrogens with zero attached hydrogens (tertiary/aromatic N) is 2. The van der Waals surface area contributed by atoms with Gasteiger partial charge >= 0.3 is 0 Å². The molecule has 2 rings (SSSR count). The second-order valence-electron chi connectivity index (χ2n) is 7.42. The van der Waals surface area contributed by atoms with E-state index < -0.39 is 0 Å². The Balaban J connectivity index is 1.96. The maximum Gasteiger partial charge on any atom is 0.253 e. The van der Waals surface area contributed by atoms with Crippen molar-refractivity contribution in [2.45, 2.75) is 27.7 Å². The zero-order valence-electron chi connectivity index (χ0n) is 19.1. The fraction of sp³-hybridized carbons (Fsp3) is 0.375. The SMILES string of the molecule is CCN(CC(=O)Nc1cccc(C(=O)N(CC)CC)c1)CC(=O)Nc1cc(Cl)ccc1C. The fourth-order valence-corrected chi connectivity index (χ4v) is 3.40. The molecular formula is C24H31ClN4O3. The molecule has 0 radical (unpaired) electrons. The molecule has 0 heterocycles. The van der Waals surface area contributed by atoms with Crippen LogP contribution in [0.5, 0.6) is 0 Å². The lowest BCUT2D eigenvalue weighted by molar-refractivity contribution is -0.119. The lowest BCUT2D eigenvalue weighted by Crippen LogP contribution is -2.38. The first-order chi connectivity index (χ1) is 15.3. The van der Waals surface area contributed by atoms with Crippen LogP contribution in [-0.4, -0.2) is 60.2 Å². The number of halogens is 1. The molecule has 0 aromatic heterocycles. The van der Waals surface area contributed by atoms with Gasteiger partial charge in [-0.05, 0) is 63.2 Å². The maximum atomic E-state index is 12.6. The molecular weight excluding hydrogens is 428 g/mol. The zero-order chi connectivity index (χ0) is 23.7. The summed E-state index contributed by atoms with van der Waals surface area (Å²) in [6.07, 6.45) is 0. The molecule has 0 spiro atoms. The highest BCUT2D eigenvalue weighted by molar-refractivity contribution is 6.31. The van der Waals surface area contributed by atoms with E-state index in [9.17, 15) is 14.4 Å². The van der Waals surface area contributed by atoms with Gasteiger partial charge in [-0.2, -0.15) is 0 Å². The summed E-state index contributed by atoms with van der Waals surface area (Å²) in [6.45, 7) is 9.50. The number of rotatable bonds is 10. The summed E-state index contributed by atoms with van der Waals surface area (Å²) in [5, 5.41) is 6.20.